The standard InChI is InChI=1S/C19H25N3O3S.ClH/c1-10-6-7-12-14(9-10)26-18-15(12)17(23)20-16(21-18)11(2)22-8-4-3-5-13(22)19(24)25;/h10-11,13H,3-9H2,1-2H3,(H,24,25)(H,20,21,23);1H. The van der Waals surface area contributed by atoms with Gasteiger partial charge in [-0.1, -0.05) is 13.3 Å². The van der Waals surface area contributed by atoms with Crippen LogP contribution in [0.1, 0.15) is 61.8 Å². The molecule has 3 atom stereocenters. The van der Waals surface area contributed by atoms with Crippen LogP contribution in [0.2, 0.25) is 0 Å². The summed E-state index contributed by atoms with van der Waals surface area (Å²) in [7, 11) is 0. The molecule has 0 radical (unpaired) electrons. The molecule has 0 spiro atoms. The number of hydrogen-bond donors (Lipinski definition) is 2. The molecular weight excluding hydrogens is 386 g/mol. The molecule has 2 aliphatic rings. The molecule has 0 aromatic carbocycles. The number of carboxylic acids is 1. The number of rotatable bonds is 3. The molecule has 27 heavy (non-hydrogen) atoms. The third kappa shape index (κ3) is 3.65. The van der Waals surface area contributed by atoms with Crippen LogP contribution in [0.5, 0.6) is 0 Å². The van der Waals surface area contributed by atoms with E-state index in [2.05, 4.69) is 11.9 Å². The second-order valence-electron chi connectivity index (χ2n) is 7.75. The quantitative estimate of drug-likeness (QED) is 0.806. The second-order valence-corrected chi connectivity index (χ2v) is 8.83. The number of carbonyl (C=O) groups is 1. The number of aromatic amines is 1. The highest BCUT2D eigenvalue weighted by Gasteiger charge is 2.33. The van der Waals surface area contributed by atoms with Crippen LogP contribution in [0.4, 0.5) is 0 Å². The van der Waals surface area contributed by atoms with Gasteiger partial charge in [-0.3, -0.25) is 14.5 Å². The topological polar surface area (TPSA) is 86.3 Å². The lowest BCUT2D eigenvalue weighted by molar-refractivity contribution is -0.145. The van der Waals surface area contributed by atoms with Crippen molar-refractivity contribution in [2.75, 3.05) is 6.54 Å². The number of aromatic nitrogens is 2. The van der Waals surface area contributed by atoms with Crippen LogP contribution in [0.15, 0.2) is 4.79 Å². The van der Waals surface area contributed by atoms with Gasteiger partial charge in [-0.2, -0.15) is 0 Å². The third-order valence-electron chi connectivity index (χ3n) is 5.91. The Balaban J connectivity index is 0.00000210. The summed E-state index contributed by atoms with van der Waals surface area (Å²) in [6, 6.07) is -0.719. The van der Waals surface area contributed by atoms with E-state index in [1.807, 2.05) is 11.8 Å². The first-order chi connectivity index (χ1) is 12.5. The lowest BCUT2D eigenvalue weighted by Gasteiger charge is -2.36. The van der Waals surface area contributed by atoms with Crippen molar-refractivity contribution in [1.29, 1.82) is 0 Å². The summed E-state index contributed by atoms with van der Waals surface area (Å²) in [5.41, 5.74) is 1.10. The van der Waals surface area contributed by atoms with Crippen LogP contribution in [0.25, 0.3) is 10.2 Å². The molecule has 8 heteroatoms. The number of aliphatic carboxylic acids is 1. The van der Waals surface area contributed by atoms with E-state index in [1.54, 1.807) is 11.3 Å². The minimum atomic E-state index is -0.791. The molecular formula is C19H26ClN3O3S. The Morgan fingerprint density at radius 1 is 1.37 bits per heavy atom. The van der Waals surface area contributed by atoms with Crippen molar-refractivity contribution in [2.45, 2.75) is 64.5 Å². The van der Waals surface area contributed by atoms with Gasteiger partial charge < -0.3 is 10.1 Å². The maximum atomic E-state index is 12.8. The van der Waals surface area contributed by atoms with E-state index in [-0.39, 0.29) is 24.0 Å². The fourth-order valence-corrected chi connectivity index (χ4v) is 5.79. The maximum Gasteiger partial charge on any atom is 0.320 e. The predicted molar refractivity (Wildman–Crippen MR) is 109 cm³/mol. The minimum absolute atomic E-state index is 0. The fraction of sp³-hybridized carbons (Fsp3) is 0.632. The zero-order valence-electron chi connectivity index (χ0n) is 15.7. The van der Waals surface area contributed by atoms with E-state index in [0.29, 0.717) is 18.2 Å². The zero-order valence-corrected chi connectivity index (χ0v) is 17.3. The first-order valence-corrected chi connectivity index (χ1v) is 10.3. The van der Waals surface area contributed by atoms with Crippen molar-refractivity contribution in [3.8, 4) is 0 Å². The van der Waals surface area contributed by atoms with E-state index in [1.165, 1.54) is 10.4 Å². The summed E-state index contributed by atoms with van der Waals surface area (Å²) in [4.78, 5) is 36.2. The molecule has 0 saturated carbocycles. The highest BCUT2D eigenvalue weighted by Crippen LogP contribution is 2.36. The van der Waals surface area contributed by atoms with Crippen molar-refractivity contribution in [3.63, 3.8) is 0 Å². The summed E-state index contributed by atoms with van der Waals surface area (Å²) >= 11 is 1.64. The molecule has 148 valence electrons. The van der Waals surface area contributed by atoms with Gasteiger partial charge >= 0.3 is 5.97 Å². The number of aryl methyl sites for hydroxylation is 1. The summed E-state index contributed by atoms with van der Waals surface area (Å²) in [6.45, 7) is 4.92. The van der Waals surface area contributed by atoms with Crippen molar-refractivity contribution < 1.29 is 9.90 Å². The number of piperidine rings is 1. The Morgan fingerprint density at radius 2 is 2.15 bits per heavy atom. The normalized spacial score (nSPS) is 24.2. The molecule has 1 aliphatic carbocycles. The van der Waals surface area contributed by atoms with Gasteiger partial charge in [0.05, 0.1) is 11.4 Å². The first-order valence-electron chi connectivity index (χ1n) is 9.48. The molecule has 6 nitrogen and oxygen atoms in total. The molecule has 0 bridgehead atoms. The largest absolute Gasteiger partial charge is 0.480 e. The molecule has 1 fully saturated rings. The third-order valence-corrected chi connectivity index (χ3v) is 7.05. The summed E-state index contributed by atoms with van der Waals surface area (Å²) in [5, 5.41) is 10.3. The van der Waals surface area contributed by atoms with Crippen molar-refractivity contribution in [2.24, 2.45) is 5.92 Å². The number of hydrogen-bond acceptors (Lipinski definition) is 5. The van der Waals surface area contributed by atoms with E-state index in [9.17, 15) is 14.7 Å². The lowest BCUT2D eigenvalue weighted by atomic mass is 9.89. The van der Waals surface area contributed by atoms with Gasteiger partial charge in [0.2, 0.25) is 0 Å². The van der Waals surface area contributed by atoms with Crippen LogP contribution >= 0.6 is 23.7 Å². The van der Waals surface area contributed by atoms with Gasteiger partial charge in [-0.25, -0.2) is 4.98 Å². The Labute approximate surface area is 168 Å². The number of nitrogens with one attached hydrogen (secondary N) is 1. The molecule has 0 amide bonds. The SMILES string of the molecule is CC1CCc2c(sc3nc(C(C)N4CCCCC4C(=O)O)[nH]c(=O)c23)C1.Cl. The Hall–Kier alpha value is -1.44. The molecule has 3 unspecified atom stereocenters. The van der Waals surface area contributed by atoms with Crippen LogP contribution in [-0.4, -0.2) is 38.5 Å². The molecule has 2 aromatic heterocycles. The van der Waals surface area contributed by atoms with E-state index in [0.717, 1.165) is 48.9 Å². The maximum absolute atomic E-state index is 12.8. The Bertz CT molecular complexity index is 909. The molecule has 1 aliphatic heterocycles. The highest BCUT2D eigenvalue weighted by molar-refractivity contribution is 7.18. The lowest BCUT2D eigenvalue weighted by Crippen LogP contribution is -2.46. The molecule has 1 saturated heterocycles. The average molecular weight is 412 g/mol. The highest BCUT2D eigenvalue weighted by atomic mass is 35.5. The van der Waals surface area contributed by atoms with Gasteiger partial charge in [0.25, 0.3) is 5.56 Å². The molecule has 2 aromatic rings. The first kappa shape index (κ1) is 20.3. The van der Waals surface area contributed by atoms with Crippen molar-refractivity contribution >= 4 is 39.9 Å². The smallest absolute Gasteiger partial charge is 0.320 e. The van der Waals surface area contributed by atoms with Gasteiger partial charge in [-0.05, 0) is 57.1 Å². The molecule has 2 N–H and O–H groups in total. The Morgan fingerprint density at radius 3 is 2.89 bits per heavy atom. The van der Waals surface area contributed by atoms with Crippen molar-refractivity contribution in [3.05, 3.63) is 26.6 Å². The minimum Gasteiger partial charge on any atom is -0.480 e. The number of carboxylic acid groups (broad SMARTS) is 1. The second kappa shape index (κ2) is 7.89. The van der Waals surface area contributed by atoms with Crippen LogP contribution in [-0.2, 0) is 17.6 Å². The number of fused-ring (bicyclic) bond motifs is 3. The van der Waals surface area contributed by atoms with Gasteiger partial charge in [0, 0.05) is 4.88 Å². The summed E-state index contributed by atoms with van der Waals surface area (Å²) in [6.07, 6.45) is 5.64. The van der Waals surface area contributed by atoms with Crippen LogP contribution in [0.3, 0.4) is 0 Å². The summed E-state index contributed by atoms with van der Waals surface area (Å²) < 4.78 is 0. The number of likely N-dealkylation sites (tertiary alicyclic amines) is 1. The van der Waals surface area contributed by atoms with E-state index in [4.69, 9.17) is 4.98 Å². The average Bonchev–Trinajstić information content (AvgIpc) is 2.98. The van der Waals surface area contributed by atoms with E-state index < -0.39 is 12.0 Å². The molecule has 3 heterocycles. The van der Waals surface area contributed by atoms with Crippen molar-refractivity contribution in [1.82, 2.24) is 14.9 Å². The fourth-order valence-electron chi connectivity index (χ4n) is 4.40. The Kier molecular flexibility index (Phi) is 5.93. The number of nitrogens with zero attached hydrogens (tertiary/aromatic N) is 2. The van der Waals surface area contributed by atoms with Gasteiger partial charge in [-0.15, -0.1) is 23.7 Å². The van der Waals surface area contributed by atoms with Crippen LogP contribution < -0.4 is 5.56 Å². The number of H-pyrrole nitrogens is 1. The van der Waals surface area contributed by atoms with Gasteiger partial charge in [0.15, 0.2) is 0 Å². The van der Waals surface area contributed by atoms with Crippen LogP contribution in [0, 0.1) is 5.92 Å². The van der Waals surface area contributed by atoms with Gasteiger partial charge in [0.1, 0.15) is 16.7 Å². The monoisotopic (exact) mass is 411 g/mol. The predicted octanol–water partition coefficient (Wildman–Crippen LogP) is 3.53. The summed E-state index contributed by atoms with van der Waals surface area (Å²) in [5.74, 6) is 0.445. The number of thiophene rings is 1. The zero-order chi connectivity index (χ0) is 18.4. The molecule has 4 rings (SSSR count). The number of halogens is 1. The van der Waals surface area contributed by atoms with E-state index >= 15 is 0 Å².